The molecule has 0 bridgehead atoms. The van der Waals surface area contributed by atoms with Crippen LogP contribution < -0.4 is 9.04 Å². The van der Waals surface area contributed by atoms with E-state index in [1.807, 2.05) is 0 Å². The Morgan fingerprint density at radius 1 is 1.58 bits per heavy atom. The van der Waals surface area contributed by atoms with Gasteiger partial charge in [-0.2, -0.15) is 4.31 Å². The van der Waals surface area contributed by atoms with E-state index in [4.69, 9.17) is 14.6 Å². The van der Waals surface area contributed by atoms with E-state index in [-0.39, 0.29) is 11.8 Å². The number of hydrogen-bond acceptors (Lipinski definition) is 5. The second kappa shape index (κ2) is 5.06. The fourth-order valence-electron chi connectivity index (χ4n) is 1.50. The van der Waals surface area contributed by atoms with Gasteiger partial charge in [-0.05, 0) is 12.1 Å². The number of carbonyl (C=O) groups is 1. The molecule has 1 fully saturated rings. The van der Waals surface area contributed by atoms with E-state index in [9.17, 15) is 13.2 Å². The van der Waals surface area contributed by atoms with Crippen molar-refractivity contribution in [2.24, 2.45) is 0 Å². The molecule has 0 saturated carbocycles. The van der Waals surface area contributed by atoms with Gasteiger partial charge in [0.2, 0.25) is 10.0 Å². The van der Waals surface area contributed by atoms with Crippen molar-refractivity contribution < 1.29 is 27.8 Å². The highest BCUT2D eigenvalue weighted by Crippen LogP contribution is 2.24. The zero-order valence-electron chi connectivity index (χ0n) is 10.1. The SMILES string of the molecule is CS(=O)(=O)N(C(=O)O)c1cccc(OC[C@@H]2CO2)c1. The number of hydrogen-bond donors (Lipinski definition) is 1. The number of epoxide rings is 1. The minimum atomic E-state index is -3.90. The lowest BCUT2D eigenvalue weighted by Crippen LogP contribution is -2.34. The van der Waals surface area contributed by atoms with Crippen LogP contribution in [0.15, 0.2) is 24.3 Å². The Labute approximate surface area is 110 Å². The summed E-state index contributed by atoms with van der Waals surface area (Å²) in [4.78, 5) is 11.0. The first-order valence-electron chi connectivity index (χ1n) is 5.45. The smallest absolute Gasteiger partial charge is 0.425 e. The first-order chi connectivity index (χ1) is 8.88. The molecule has 0 radical (unpaired) electrons. The average Bonchev–Trinajstić information content (AvgIpc) is 3.08. The molecule has 7 nitrogen and oxygen atoms in total. The summed E-state index contributed by atoms with van der Waals surface area (Å²) < 4.78 is 33.5. The summed E-state index contributed by atoms with van der Waals surface area (Å²) in [5, 5.41) is 8.97. The number of benzene rings is 1. The molecule has 1 atom stereocenters. The number of amides is 1. The van der Waals surface area contributed by atoms with Crippen LogP contribution in [0.3, 0.4) is 0 Å². The normalized spacial score (nSPS) is 17.8. The van der Waals surface area contributed by atoms with Gasteiger partial charge in [0.15, 0.2) is 0 Å². The largest absolute Gasteiger partial charge is 0.491 e. The standard InChI is InChI=1S/C11H13NO6S/c1-19(15,16)12(11(13)14)8-3-2-4-9(5-8)17-6-10-7-18-10/h2-5,10H,6-7H2,1H3,(H,13,14)/t10-/m1/s1. The van der Waals surface area contributed by atoms with Crippen molar-refractivity contribution >= 4 is 21.8 Å². The molecule has 0 aliphatic carbocycles. The van der Waals surface area contributed by atoms with Crippen LogP contribution in [0.5, 0.6) is 5.75 Å². The first-order valence-corrected chi connectivity index (χ1v) is 7.30. The van der Waals surface area contributed by atoms with Gasteiger partial charge in [-0.3, -0.25) is 0 Å². The number of ether oxygens (including phenoxy) is 2. The van der Waals surface area contributed by atoms with Crippen molar-refractivity contribution in [3.8, 4) is 5.75 Å². The summed E-state index contributed by atoms with van der Waals surface area (Å²) >= 11 is 0. The molecule has 19 heavy (non-hydrogen) atoms. The molecule has 1 heterocycles. The molecule has 8 heteroatoms. The zero-order valence-corrected chi connectivity index (χ0v) is 11.0. The molecule has 1 N–H and O–H groups in total. The van der Waals surface area contributed by atoms with Gasteiger partial charge in [0.25, 0.3) is 0 Å². The molecule has 104 valence electrons. The second-order valence-electron chi connectivity index (χ2n) is 4.07. The molecule has 2 rings (SSSR count). The topological polar surface area (TPSA) is 96.4 Å². The molecular formula is C11H13NO6S. The van der Waals surface area contributed by atoms with Gasteiger partial charge in [-0.25, -0.2) is 13.2 Å². The Morgan fingerprint density at radius 3 is 2.79 bits per heavy atom. The summed E-state index contributed by atoms with van der Waals surface area (Å²) in [7, 11) is -3.90. The minimum absolute atomic E-state index is 0.0178. The van der Waals surface area contributed by atoms with Crippen molar-refractivity contribution in [3.63, 3.8) is 0 Å². The Bertz CT molecular complexity index is 581. The third-order valence-electron chi connectivity index (χ3n) is 2.40. The molecule has 0 unspecified atom stereocenters. The van der Waals surface area contributed by atoms with E-state index in [1.165, 1.54) is 18.2 Å². The van der Waals surface area contributed by atoms with Gasteiger partial charge < -0.3 is 14.6 Å². The summed E-state index contributed by atoms with van der Waals surface area (Å²) in [6, 6.07) is 5.89. The summed E-state index contributed by atoms with van der Waals surface area (Å²) in [6.07, 6.45) is -0.675. The van der Waals surface area contributed by atoms with Gasteiger partial charge in [0.05, 0.1) is 18.6 Å². The van der Waals surface area contributed by atoms with Crippen LogP contribution in [0.4, 0.5) is 10.5 Å². The highest BCUT2D eigenvalue weighted by molar-refractivity contribution is 7.92. The number of sulfonamides is 1. The molecule has 1 aliphatic heterocycles. The quantitative estimate of drug-likeness (QED) is 0.808. The third kappa shape index (κ3) is 3.58. The number of rotatable bonds is 5. The van der Waals surface area contributed by atoms with Crippen LogP contribution in [-0.4, -0.2) is 45.2 Å². The number of nitrogens with zero attached hydrogens (tertiary/aromatic N) is 1. The molecule has 1 aromatic rings. The zero-order chi connectivity index (χ0) is 14.0. The monoisotopic (exact) mass is 287 g/mol. The average molecular weight is 287 g/mol. The lowest BCUT2D eigenvalue weighted by atomic mass is 10.3. The third-order valence-corrected chi connectivity index (χ3v) is 3.43. The Morgan fingerprint density at radius 2 is 2.26 bits per heavy atom. The predicted octanol–water partition coefficient (Wildman–Crippen LogP) is 0.908. The van der Waals surface area contributed by atoms with Crippen LogP contribution >= 0.6 is 0 Å². The van der Waals surface area contributed by atoms with Crippen LogP contribution in [0.1, 0.15) is 0 Å². The van der Waals surface area contributed by atoms with E-state index in [0.717, 1.165) is 6.26 Å². The molecule has 1 amide bonds. The van der Waals surface area contributed by atoms with Crippen LogP contribution in [0, 0.1) is 0 Å². The van der Waals surface area contributed by atoms with Crippen molar-refractivity contribution in [1.82, 2.24) is 0 Å². The van der Waals surface area contributed by atoms with E-state index in [1.54, 1.807) is 6.07 Å². The summed E-state index contributed by atoms with van der Waals surface area (Å²) in [5.41, 5.74) is 0.0178. The minimum Gasteiger partial charge on any atom is -0.491 e. The predicted molar refractivity (Wildman–Crippen MR) is 67.0 cm³/mol. The van der Waals surface area contributed by atoms with Crippen molar-refractivity contribution in [2.75, 3.05) is 23.8 Å². The van der Waals surface area contributed by atoms with Gasteiger partial charge in [0, 0.05) is 6.07 Å². The van der Waals surface area contributed by atoms with Crippen molar-refractivity contribution in [1.29, 1.82) is 0 Å². The van der Waals surface area contributed by atoms with Crippen molar-refractivity contribution in [3.05, 3.63) is 24.3 Å². The maximum absolute atomic E-state index is 11.4. The van der Waals surface area contributed by atoms with E-state index in [2.05, 4.69) is 0 Å². The molecular weight excluding hydrogens is 274 g/mol. The summed E-state index contributed by atoms with van der Waals surface area (Å²) in [6.45, 7) is 1.000. The highest BCUT2D eigenvalue weighted by Gasteiger charge is 2.26. The fourth-order valence-corrected chi connectivity index (χ4v) is 2.28. The maximum Gasteiger partial charge on any atom is 0.425 e. The van der Waals surface area contributed by atoms with Crippen LogP contribution in [-0.2, 0) is 14.8 Å². The van der Waals surface area contributed by atoms with E-state index >= 15 is 0 Å². The van der Waals surface area contributed by atoms with Gasteiger partial charge in [-0.1, -0.05) is 6.07 Å². The Hall–Kier alpha value is -1.80. The highest BCUT2D eigenvalue weighted by atomic mass is 32.2. The molecule has 0 aromatic heterocycles. The molecule has 1 saturated heterocycles. The lowest BCUT2D eigenvalue weighted by molar-refractivity contribution is 0.206. The molecule has 1 aliphatic rings. The van der Waals surface area contributed by atoms with Crippen LogP contribution in [0.25, 0.3) is 0 Å². The van der Waals surface area contributed by atoms with Crippen LogP contribution in [0.2, 0.25) is 0 Å². The number of carboxylic acid groups (broad SMARTS) is 1. The summed E-state index contributed by atoms with van der Waals surface area (Å²) in [5.74, 6) is 0.392. The molecule has 1 aromatic carbocycles. The van der Waals surface area contributed by atoms with Gasteiger partial charge >= 0.3 is 6.09 Å². The molecule has 0 spiro atoms. The van der Waals surface area contributed by atoms with E-state index < -0.39 is 16.1 Å². The van der Waals surface area contributed by atoms with Crippen molar-refractivity contribution in [2.45, 2.75) is 6.10 Å². The van der Waals surface area contributed by atoms with Gasteiger partial charge in [0.1, 0.15) is 18.5 Å². The first kappa shape index (κ1) is 13.6. The maximum atomic E-state index is 11.4. The lowest BCUT2D eigenvalue weighted by Gasteiger charge is -2.17. The van der Waals surface area contributed by atoms with E-state index in [0.29, 0.717) is 23.3 Å². The number of anilines is 1. The Kier molecular flexibility index (Phi) is 3.63. The fraction of sp³-hybridized carbons (Fsp3) is 0.364. The second-order valence-corrected chi connectivity index (χ2v) is 5.90. The van der Waals surface area contributed by atoms with Gasteiger partial charge in [-0.15, -0.1) is 0 Å². The Balaban J connectivity index is 2.22.